The highest BCUT2D eigenvalue weighted by molar-refractivity contribution is 5.96. The van der Waals surface area contributed by atoms with Crippen LogP contribution >= 0.6 is 0 Å². The van der Waals surface area contributed by atoms with Gasteiger partial charge < -0.3 is 25.7 Å². The van der Waals surface area contributed by atoms with Gasteiger partial charge in [-0.1, -0.05) is 24.3 Å². The fourth-order valence-corrected chi connectivity index (χ4v) is 5.96. The summed E-state index contributed by atoms with van der Waals surface area (Å²) in [6.07, 6.45) is 0.738. The van der Waals surface area contributed by atoms with E-state index in [1.165, 1.54) is 18.5 Å². The lowest BCUT2D eigenvalue weighted by atomic mass is 9.59. The molecule has 2 aromatic carbocycles. The number of amides is 2. The van der Waals surface area contributed by atoms with Crippen molar-refractivity contribution in [1.82, 2.24) is 26.3 Å². The first kappa shape index (κ1) is 26.9. The number of rotatable bonds is 7. The van der Waals surface area contributed by atoms with Crippen LogP contribution in [0.1, 0.15) is 40.7 Å². The summed E-state index contributed by atoms with van der Waals surface area (Å²) in [5.74, 6) is -0.490. The Morgan fingerprint density at radius 2 is 1.77 bits per heavy atom. The van der Waals surface area contributed by atoms with Crippen molar-refractivity contribution in [2.24, 2.45) is 0 Å². The number of carbonyl (C=O) groups excluding carboxylic acids is 2. The van der Waals surface area contributed by atoms with Gasteiger partial charge in [0.15, 0.2) is 12.2 Å². The number of hydrogen-bond acceptors (Lipinski definition) is 6. The maximum absolute atomic E-state index is 13.3. The molecule has 3 heterocycles. The maximum Gasteiger partial charge on any atom is 0.416 e. The Bertz CT molecular complexity index is 1310. The van der Waals surface area contributed by atoms with E-state index < -0.39 is 34.5 Å². The molecule has 1 atom stereocenters. The van der Waals surface area contributed by atoms with E-state index in [1.54, 1.807) is 6.20 Å². The first-order valence-electron chi connectivity index (χ1n) is 12.9. The third-order valence-electron chi connectivity index (χ3n) is 7.90. The summed E-state index contributed by atoms with van der Waals surface area (Å²) in [7, 11) is 0. The van der Waals surface area contributed by atoms with Crippen molar-refractivity contribution in [1.29, 1.82) is 0 Å². The van der Waals surface area contributed by atoms with Crippen LogP contribution < -0.4 is 21.3 Å². The second kappa shape index (κ2) is 10.8. The number of halogens is 3. The Balaban J connectivity index is 1.37. The number of piperidine rings is 1. The van der Waals surface area contributed by atoms with E-state index in [1.807, 2.05) is 12.1 Å². The lowest BCUT2D eigenvalue weighted by Gasteiger charge is -2.52. The smallest absolute Gasteiger partial charge is 0.416 e. The molecule has 2 aliphatic rings. The van der Waals surface area contributed by atoms with Crippen LogP contribution in [0, 0.1) is 0 Å². The molecular weight excluding hydrogens is 511 g/mol. The lowest BCUT2D eigenvalue weighted by molar-refractivity contribution is -0.137. The molecule has 8 nitrogen and oxygen atoms in total. The van der Waals surface area contributed by atoms with Gasteiger partial charge in [0.2, 0.25) is 5.91 Å². The fraction of sp³-hybridized carbons (Fsp3) is 0.393. The van der Waals surface area contributed by atoms with Gasteiger partial charge in [0.1, 0.15) is 0 Å². The average Bonchev–Trinajstić information content (AvgIpc) is 3.66. The minimum absolute atomic E-state index is 0.158. The number of hydrogen-bond donors (Lipinski definition) is 4. The number of carbonyl (C=O) groups is 2. The monoisotopic (exact) mass is 541 g/mol. The van der Waals surface area contributed by atoms with Gasteiger partial charge in [-0.15, -0.1) is 0 Å². The van der Waals surface area contributed by atoms with Gasteiger partial charge >= 0.3 is 6.18 Å². The van der Waals surface area contributed by atoms with Crippen molar-refractivity contribution in [3.05, 3.63) is 77.8 Å². The minimum Gasteiger partial charge on any atom is -0.444 e. The van der Waals surface area contributed by atoms with Crippen LogP contribution in [0.25, 0.3) is 11.3 Å². The van der Waals surface area contributed by atoms with Gasteiger partial charge in [-0.2, -0.15) is 13.2 Å². The molecule has 2 amide bonds. The first-order valence-corrected chi connectivity index (χ1v) is 12.9. The van der Waals surface area contributed by atoms with E-state index in [4.69, 9.17) is 4.42 Å². The molecule has 2 saturated heterocycles. The SMILES string of the molecule is O=C(CNC(=O)c1cccc(C(F)(F)F)c1)N[C@@]1(C2(c3cccc(-c4cnco4)c3)CCNCC2)CCNC1. The molecule has 1 aromatic heterocycles. The fourth-order valence-electron chi connectivity index (χ4n) is 5.96. The molecular formula is C28H30F3N5O3. The lowest BCUT2D eigenvalue weighted by Crippen LogP contribution is -2.67. The van der Waals surface area contributed by atoms with E-state index in [0.29, 0.717) is 25.3 Å². The number of oxazole rings is 1. The number of aromatic nitrogens is 1. The van der Waals surface area contributed by atoms with Gasteiger partial charge in [0.05, 0.1) is 23.8 Å². The summed E-state index contributed by atoms with van der Waals surface area (Å²) in [5, 5.41) is 12.5. The Morgan fingerprint density at radius 3 is 2.46 bits per heavy atom. The topological polar surface area (TPSA) is 108 Å². The molecule has 3 aromatic rings. The van der Waals surface area contributed by atoms with Gasteiger partial charge in [-0.25, -0.2) is 4.98 Å². The van der Waals surface area contributed by atoms with Crippen LogP contribution in [-0.4, -0.2) is 55.1 Å². The summed E-state index contributed by atoms with van der Waals surface area (Å²) in [5.41, 5.74) is -0.144. The maximum atomic E-state index is 13.3. The number of benzene rings is 2. The van der Waals surface area contributed by atoms with Gasteiger partial charge in [0.25, 0.3) is 5.91 Å². The molecule has 206 valence electrons. The predicted octanol–water partition coefficient (Wildman–Crippen LogP) is 3.26. The molecule has 0 saturated carbocycles. The molecule has 2 fully saturated rings. The Morgan fingerprint density at radius 1 is 1.00 bits per heavy atom. The van der Waals surface area contributed by atoms with Gasteiger partial charge in [-0.05, 0) is 68.7 Å². The van der Waals surface area contributed by atoms with Crippen molar-refractivity contribution in [3.8, 4) is 11.3 Å². The zero-order chi connectivity index (χ0) is 27.5. The van der Waals surface area contributed by atoms with E-state index in [0.717, 1.165) is 49.2 Å². The number of nitrogens with zero attached hydrogens (tertiary/aromatic N) is 1. The summed E-state index contributed by atoms with van der Waals surface area (Å²) < 4.78 is 44.7. The second-order valence-corrected chi connectivity index (χ2v) is 10.1. The number of alkyl halides is 3. The van der Waals surface area contributed by atoms with Crippen molar-refractivity contribution in [3.63, 3.8) is 0 Å². The summed E-state index contributed by atoms with van der Waals surface area (Å²) >= 11 is 0. The van der Waals surface area contributed by atoms with Crippen molar-refractivity contribution >= 4 is 11.8 Å². The Kier molecular flexibility index (Phi) is 7.46. The van der Waals surface area contributed by atoms with Crippen molar-refractivity contribution < 1.29 is 27.2 Å². The second-order valence-electron chi connectivity index (χ2n) is 10.1. The largest absolute Gasteiger partial charge is 0.444 e. The molecule has 11 heteroatoms. The van der Waals surface area contributed by atoms with Crippen LogP contribution in [-0.2, 0) is 16.4 Å². The molecule has 5 rings (SSSR count). The molecule has 0 bridgehead atoms. The van der Waals surface area contributed by atoms with E-state index >= 15 is 0 Å². The Hall–Kier alpha value is -3.70. The molecule has 0 aliphatic carbocycles. The van der Waals surface area contributed by atoms with Crippen LogP contribution in [0.4, 0.5) is 13.2 Å². The highest BCUT2D eigenvalue weighted by Gasteiger charge is 2.54. The van der Waals surface area contributed by atoms with Crippen molar-refractivity contribution in [2.45, 2.75) is 36.4 Å². The van der Waals surface area contributed by atoms with Crippen LogP contribution in [0.3, 0.4) is 0 Å². The Labute approximate surface area is 223 Å². The van der Waals surface area contributed by atoms with E-state index in [9.17, 15) is 22.8 Å². The minimum atomic E-state index is -4.57. The van der Waals surface area contributed by atoms with Crippen LogP contribution in [0.15, 0.2) is 65.5 Å². The predicted molar refractivity (Wildman–Crippen MR) is 138 cm³/mol. The average molecular weight is 542 g/mol. The molecule has 0 unspecified atom stereocenters. The standard InChI is InChI=1S/C28H30F3N5O3/c29-28(30,31)22-6-2-4-20(14-22)25(38)35-16-24(37)36-27(9-12-33-17-27)26(7-10-32-11-8-26)21-5-1-3-19(13-21)23-15-34-18-39-23/h1-6,13-15,18,32-33H,7-12,16-17H2,(H,35,38)(H,36,37)/t27-/m0/s1. The van der Waals surface area contributed by atoms with Crippen molar-refractivity contribution in [2.75, 3.05) is 32.7 Å². The first-order chi connectivity index (χ1) is 18.7. The highest BCUT2D eigenvalue weighted by atomic mass is 19.4. The van der Waals surface area contributed by atoms with E-state index in [2.05, 4.69) is 38.4 Å². The highest BCUT2D eigenvalue weighted by Crippen LogP contribution is 2.46. The molecule has 4 N–H and O–H groups in total. The zero-order valence-corrected chi connectivity index (χ0v) is 21.2. The number of nitrogens with one attached hydrogen (secondary N) is 4. The molecule has 0 radical (unpaired) electrons. The molecule has 2 aliphatic heterocycles. The third kappa shape index (κ3) is 5.41. The third-order valence-corrected chi connectivity index (χ3v) is 7.90. The normalized spacial score (nSPS) is 20.9. The van der Waals surface area contributed by atoms with Gasteiger partial charge in [0, 0.05) is 23.1 Å². The van der Waals surface area contributed by atoms with Gasteiger partial charge in [-0.3, -0.25) is 9.59 Å². The van der Waals surface area contributed by atoms with Crippen LogP contribution in [0.2, 0.25) is 0 Å². The van der Waals surface area contributed by atoms with E-state index in [-0.39, 0.29) is 12.1 Å². The quantitative estimate of drug-likeness (QED) is 0.366. The van der Waals surface area contributed by atoms with Crippen LogP contribution in [0.5, 0.6) is 0 Å². The molecule has 39 heavy (non-hydrogen) atoms. The zero-order valence-electron chi connectivity index (χ0n) is 21.2. The summed E-state index contributed by atoms with van der Waals surface area (Å²) in [4.78, 5) is 29.9. The molecule has 0 spiro atoms. The summed E-state index contributed by atoms with van der Waals surface area (Å²) in [6, 6.07) is 12.2. The summed E-state index contributed by atoms with van der Waals surface area (Å²) in [6.45, 7) is 2.46.